The standard InChI is InChI=1S/C24H31ClN2O3/c1-16(2)13-26-24(29)19(5)27(14-20-7-6-8-21(25)12-20)23(28)15-30-22-10-9-17(3)18(4)11-22/h6-12,16,19H,13-15H2,1-5H3,(H,26,29). The molecule has 2 amide bonds. The number of rotatable bonds is 9. The summed E-state index contributed by atoms with van der Waals surface area (Å²) in [6.07, 6.45) is 0. The molecule has 0 heterocycles. The van der Waals surface area contributed by atoms with Crippen LogP contribution in [0.1, 0.15) is 37.5 Å². The zero-order valence-corrected chi connectivity index (χ0v) is 19.1. The molecule has 1 unspecified atom stereocenters. The average molecular weight is 431 g/mol. The summed E-state index contributed by atoms with van der Waals surface area (Å²) >= 11 is 6.10. The van der Waals surface area contributed by atoms with Crippen LogP contribution in [0.4, 0.5) is 0 Å². The van der Waals surface area contributed by atoms with Crippen molar-refractivity contribution >= 4 is 23.4 Å². The lowest BCUT2D eigenvalue weighted by Crippen LogP contribution is -2.49. The number of amides is 2. The molecule has 2 rings (SSSR count). The third-order valence-electron chi connectivity index (χ3n) is 4.93. The maximum atomic E-state index is 13.0. The smallest absolute Gasteiger partial charge is 0.261 e. The van der Waals surface area contributed by atoms with Crippen LogP contribution in [0.15, 0.2) is 42.5 Å². The highest BCUT2D eigenvalue weighted by Crippen LogP contribution is 2.18. The Morgan fingerprint density at radius 2 is 1.80 bits per heavy atom. The van der Waals surface area contributed by atoms with Crippen molar-refractivity contribution in [1.82, 2.24) is 10.2 Å². The van der Waals surface area contributed by atoms with Crippen molar-refractivity contribution in [3.63, 3.8) is 0 Å². The molecule has 0 aliphatic heterocycles. The molecule has 0 spiro atoms. The lowest BCUT2D eigenvalue weighted by Gasteiger charge is -2.29. The first kappa shape index (κ1) is 23.7. The molecule has 2 aromatic rings. The van der Waals surface area contributed by atoms with Crippen LogP contribution in [0.25, 0.3) is 0 Å². The quantitative estimate of drug-likeness (QED) is 0.636. The van der Waals surface area contributed by atoms with Gasteiger partial charge >= 0.3 is 0 Å². The minimum atomic E-state index is -0.640. The van der Waals surface area contributed by atoms with Gasteiger partial charge in [-0.25, -0.2) is 0 Å². The average Bonchev–Trinajstić information content (AvgIpc) is 2.70. The Balaban J connectivity index is 2.14. The number of hydrogen-bond donors (Lipinski definition) is 1. The molecule has 2 aromatic carbocycles. The number of hydrogen-bond acceptors (Lipinski definition) is 3. The maximum Gasteiger partial charge on any atom is 0.261 e. The third kappa shape index (κ3) is 7.06. The molecule has 1 atom stereocenters. The van der Waals surface area contributed by atoms with E-state index in [2.05, 4.69) is 5.32 Å². The van der Waals surface area contributed by atoms with Gasteiger partial charge in [-0.05, 0) is 67.6 Å². The van der Waals surface area contributed by atoms with E-state index in [0.717, 1.165) is 16.7 Å². The highest BCUT2D eigenvalue weighted by Gasteiger charge is 2.26. The van der Waals surface area contributed by atoms with Crippen molar-refractivity contribution in [2.75, 3.05) is 13.2 Å². The highest BCUT2D eigenvalue weighted by molar-refractivity contribution is 6.30. The summed E-state index contributed by atoms with van der Waals surface area (Å²) in [6.45, 7) is 10.5. The molecule has 0 aliphatic rings. The highest BCUT2D eigenvalue weighted by atomic mass is 35.5. The molecule has 6 heteroatoms. The molecular weight excluding hydrogens is 400 g/mol. The van der Waals surface area contributed by atoms with Gasteiger partial charge in [0.25, 0.3) is 5.91 Å². The van der Waals surface area contributed by atoms with Gasteiger partial charge in [-0.2, -0.15) is 0 Å². The van der Waals surface area contributed by atoms with Gasteiger partial charge in [0.2, 0.25) is 5.91 Å². The molecule has 0 saturated heterocycles. The SMILES string of the molecule is Cc1ccc(OCC(=O)N(Cc2cccc(Cl)c2)C(C)C(=O)NCC(C)C)cc1C. The fourth-order valence-electron chi connectivity index (χ4n) is 2.90. The number of nitrogens with one attached hydrogen (secondary N) is 1. The van der Waals surface area contributed by atoms with Crippen molar-refractivity contribution in [2.45, 2.75) is 47.2 Å². The molecule has 0 saturated carbocycles. The zero-order valence-electron chi connectivity index (χ0n) is 18.4. The van der Waals surface area contributed by atoms with E-state index in [1.54, 1.807) is 19.1 Å². The summed E-state index contributed by atoms with van der Waals surface area (Å²) in [5.41, 5.74) is 3.11. The molecule has 30 heavy (non-hydrogen) atoms. The first-order valence-corrected chi connectivity index (χ1v) is 10.6. The Morgan fingerprint density at radius 1 is 1.07 bits per heavy atom. The third-order valence-corrected chi connectivity index (χ3v) is 5.17. The normalized spacial score (nSPS) is 11.8. The summed E-state index contributed by atoms with van der Waals surface area (Å²) in [6, 6.07) is 12.4. The Bertz CT molecular complexity index is 883. The van der Waals surface area contributed by atoms with Gasteiger partial charge in [0, 0.05) is 18.1 Å². The van der Waals surface area contributed by atoms with Crippen LogP contribution in [-0.2, 0) is 16.1 Å². The second-order valence-corrected chi connectivity index (χ2v) is 8.44. The van der Waals surface area contributed by atoms with Crippen molar-refractivity contribution in [1.29, 1.82) is 0 Å². The number of benzene rings is 2. The van der Waals surface area contributed by atoms with Crippen molar-refractivity contribution in [3.8, 4) is 5.75 Å². The summed E-state index contributed by atoms with van der Waals surface area (Å²) in [5, 5.41) is 3.49. The molecule has 0 fully saturated rings. The van der Waals surface area contributed by atoms with Crippen LogP contribution in [0.5, 0.6) is 5.75 Å². The van der Waals surface area contributed by atoms with Crippen molar-refractivity contribution < 1.29 is 14.3 Å². The summed E-state index contributed by atoms with van der Waals surface area (Å²) in [4.78, 5) is 27.2. The fraction of sp³-hybridized carbons (Fsp3) is 0.417. The molecule has 1 N–H and O–H groups in total. The number of ether oxygens (including phenoxy) is 1. The van der Waals surface area contributed by atoms with E-state index in [9.17, 15) is 9.59 Å². The van der Waals surface area contributed by atoms with E-state index >= 15 is 0 Å². The van der Waals surface area contributed by atoms with Crippen LogP contribution >= 0.6 is 11.6 Å². The van der Waals surface area contributed by atoms with Crippen molar-refractivity contribution in [3.05, 3.63) is 64.2 Å². The first-order chi connectivity index (χ1) is 14.2. The Kier molecular flexibility index (Phi) is 8.72. The topological polar surface area (TPSA) is 58.6 Å². The number of carbonyl (C=O) groups is 2. The van der Waals surface area contributed by atoms with Gasteiger partial charge in [0.1, 0.15) is 11.8 Å². The largest absolute Gasteiger partial charge is 0.484 e. The summed E-state index contributed by atoms with van der Waals surface area (Å²) in [7, 11) is 0. The fourth-order valence-corrected chi connectivity index (χ4v) is 3.11. The van der Waals surface area contributed by atoms with Crippen LogP contribution in [-0.4, -0.2) is 35.9 Å². The predicted octanol–water partition coefficient (Wildman–Crippen LogP) is 4.53. The molecular formula is C24H31ClN2O3. The Labute approximate surface area is 184 Å². The molecule has 0 aliphatic carbocycles. The number of carbonyl (C=O) groups excluding carboxylic acids is 2. The van der Waals surface area contributed by atoms with Gasteiger partial charge in [0.05, 0.1) is 0 Å². The Morgan fingerprint density at radius 3 is 2.43 bits per heavy atom. The van der Waals surface area contributed by atoms with Crippen LogP contribution < -0.4 is 10.1 Å². The second-order valence-electron chi connectivity index (χ2n) is 8.00. The van der Waals surface area contributed by atoms with Gasteiger partial charge in [-0.15, -0.1) is 0 Å². The molecule has 5 nitrogen and oxygen atoms in total. The monoisotopic (exact) mass is 430 g/mol. The summed E-state index contributed by atoms with van der Waals surface area (Å²) in [5.74, 6) is 0.503. The lowest BCUT2D eigenvalue weighted by molar-refractivity contribution is -0.142. The molecule has 0 bridgehead atoms. The minimum Gasteiger partial charge on any atom is -0.484 e. The lowest BCUT2D eigenvalue weighted by atomic mass is 10.1. The molecule has 0 radical (unpaired) electrons. The van der Waals surface area contributed by atoms with E-state index in [4.69, 9.17) is 16.3 Å². The van der Waals surface area contributed by atoms with Crippen LogP contribution in [0.2, 0.25) is 5.02 Å². The molecule has 162 valence electrons. The Hall–Kier alpha value is -2.53. The first-order valence-electron chi connectivity index (χ1n) is 10.2. The van der Waals surface area contributed by atoms with E-state index in [0.29, 0.717) is 23.2 Å². The van der Waals surface area contributed by atoms with E-state index in [1.807, 2.05) is 58.0 Å². The van der Waals surface area contributed by atoms with E-state index < -0.39 is 6.04 Å². The number of aryl methyl sites for hydroxylation is 2. The maximum absolute atomic E-state index is 13.0. The van der Waals surface area contributed by atoms with E-state index in [-0.39, 0.29) is 25.0 Å². The predicted molar refractivity (Wildman–Crippen MR) is 121 cm³/mol. The number of halogens is 1. The zero-order chi connectivity index (χ0) is 22.3. The number of nitrogens with zero attached hydrogens (tertiary/aromatic N) is 1. The minimum absolute atomic E-state index is 0.148. The van der Waals surface area contributed by atoms with Gasteiger partial charge < -0.3 is 15.0 Å². The molecule has 0 aromatic heterocycles. The van der Waals surface area contributed by atoms with E-state index in [1.165, 1.54) is 4.90 Å². The van der Waals surface area contributed by atoms with Gasteiger partial charge in [0.15, 0.2) is 6.61 Å². The van der Waals surface area contributed by atoms with Crippen LogP contribution in [0, 0.1) is 19.8 Å². The van der Waals surface area contributed by atoms with Crippen molar-refractivity contribution in [2.24, 2.45) is 5.92 Å². The van der Waals surface area contributed by atoms with Crippen LogP contribution in [0.3, 0.4) is 0 Å². The van der Waals surface area contributed by atoms with Gasteiger partial charge in [-0.1, -0.05) is 43.6 Å². The van der Waals surface area contributed by atoms with Gasteiger partial charge in [-0.3, -0.25) is 9.59 Å². The second kappa shape index (κ2) is 11.0. The summed E-state index contributed by atoms with van der Waals surface area (Å²) < 4.78 is 5.73.